The highest BCUT2D eigenvalue weighted by Gasteiger charge is 2.69. The number of para-hydroxylation sites is 1. The number of rotatable bonds is 3. The van der Waals surface area contributed by atoms with Crippen LogP contribution in [0, 0.1) is 5.92 Å². The molecule has 2 fully saturated rings. The third-order valence-corrected chi connectivity index (χ3v) is 8.41. The first-order valence-electron chi connectivity index (χ1n) is 10.7. The second-order valence-corrected chi connectivity index (χ2v) is 10.0. The Hall–Kier alpha value is -2.60. The lowest BCUT2D eigenvalue weighted by molar-refractivity contribution is -0.127. The minimum Gasteiger partial charge on any atom is -0.324 e. The van der Waals surface area contributed by atoms with Crippen molar-refractivity contribution in [2.45, 2.75) is 17.5 Å². The number of carbonyl (C=O) groups excluding carboxylic acids is 2. The zero-order valence-corrected chi connectivity index (χ0v) is 18.8. The van der Waals surface area contributed by atoms with Gasteiger partial charge in [-0.05, 0) is 23.8 Å². The molecular formula is C26H21ClN2O2S. The Morgan fingerprint density at radius 1 is 1.00 bits per heavy atom. The number of anilines is 1. The minimum absolute atomic E-state index is 0.0109. The smallest absolute Gasteiger partial charge is 0.250 e. The summed E-state index contributed by atoms with van der Waals surface area (Å²) in [6.45, 7) is 0. The molecule has 3 heterocycles. The number of ketones is 1. The highest BCUT2D eigenvalue weighted by Crippen LogP contribution is 2.61. The summed E-state index contributed by atoms with van der Waals surface area (Å²) in [5.41, 5.74) is 2.37. The second kappa shape index (κ2) is 7.48. The molecule has 3 aliphatic heterocycles. The van der Waals surface area contributed by atoms with Crippen molar-refractivity contribution in [2.24, 2.45) is 5.92 Å². The summed E-state index contributed by atoms with van der Waals surface area (Å²) in [6.07, 6.45) is 0. The van der Waals surface area contributed by atoms with E-state index in [1.807, 2.05) is 90.6 Å². The molecule has 0 unspecified atom stereocenters. The lowest BCUT2D eigenvalue weighted by atomic mass is 9.69. The number of halogens is 1. The van der Waals surface area contributed by atoms with Gasteiger partial charge in [0.25, 0.3) is 0 Å². The van der Waals surface area contributed by atoms with E-state index < -0.39 is 11.5 Å². The maximum absolute atomic E-state index is 14.2. The van der Waals surface area contributed by atoms with E-state index in [0.29, 0.717) is 10.6 Å². The first-order valence-corrected chi connectivity index (χ1v) is 12.3. The van der Waals surface area contributed by atoms with Crippen molar-refractivity contribution in [3.63, 3.8) is 0 Å². The van der Waals surface area contributed by atoms with Crippen LogP contribution < -0.4 is 5.32 Å². The molecule has 0 aromatic heterocycles. The quantitative estimate of drug-likeness (QED) is 0.548. The van der Waals surface area contributed by atoms with E-state index in [4.69, 9.17) is 11.6 Å². The van der Waals surface area contributed by atoms with Crippen molar-refractivity contribution >= 4 is 40.7 Å². The van der Waals surface area contributed by atoms with Crippen LogP contribution in [0.15, 0.2) is 78.9 Å². The highest BCUT2D eigenvalue weighted by molar-refractivity contribution is 7.99. The van der Waals surface area contributed by atoms with Crippen LogP contribution in [0.5, 0.6) is 0 Å². The number of hydrogen-bond donors (Lipinski definition) is 1. The van der Waals surface area contributed by atoms with Gasteiger partial charge in [-0.25, -0.2) is 0 Å². The van der Waals surface area contributed by atoms with E-state index >= 15 is 0 Å². The third kappa shape index (κ3) is 2.68. The van der Waals surface area contributed by atoms with Crippen LogP contribution in [-0.2, 0) is 10.3 Å². The lowest BCUT2D eigenvalue weighted by Gasteiger charge is -2.36. The monoisotopic (exact) mass is 460 g/mol. The zero-order valence-electron chi connectivity index (χ0n) is 17.2. The molecule has 0 bridgehead atoms. The van der Waals surface area contributed by atoms with Gasteiger partial charge in [-0.2, -0.15) is 0 Å². The Morgan fingerprint density at radius 2 is 1.72 bits per heavy atom. The van der Waals surface area contributed by atoms with Crippen LogP contribution in [0.4, 0.5) is 5.69 Å². The lowest BCUT2D eigenvalue weighted by Crippen LogP contribution is -2.52. The molecule has 1 spiro atoms. The van der Waals surface area contributed by atoms with E-state index in [0.717, 1.165) is 28.4 Å². The molecule has 32 heavy (non-hydrogen) atoms. The number of fused-ring (bicyclic) bond motifs is 4. The van der Waals surface area contributed by atoms with E-state index in [1.54, 1.807) is 0 Å². The van der Waals surface area contributed by atoms with Crippen molar-refractivity contribution in [2.75, 3.05) is 16.9 Å². The molecule has 4 nitrogen and oxygen atoms in total. The van der Waals surface area contributed by atoms with Gasteiger partial charge in [0.15, 0.2) is 5.78 Å². The van der Waals surface area contributed by atoms with Gasteiger partial charge in [0.05, 0.1) is 5.92 Å². The number of amides is 1. The fraction of sp³-hybridized carbons (Fsp3) is 0.231. The van der Waals surface area contributed by atoms with Gasteiger partial charge >= 0.3 is 0 Å². The largest absolute Gasteiger partial charge is 0.324 e. The first kappa shape index (κ1) is 20.0. The van der Waals surface area contributed by atoms with Gasteiger partial charge in [-0.15, -0.1) is 11.8 Å². The summed E-state index contributed by atoms with van der Waals surface area (Å²) in [5.74, 6) is 0.847. The average Bonchev–Trinajstić information content (AvgIpc) is 3.48. The summed E-state index contributed by atoms with van der Waals surface area (Å²) in [7, 11) is 0. The molecule has 2 saturated heterocycles. The summed E-state index contributed by atoms with van der Waals surface area (Å²) >= 11 is 8.01. The predicted octanol–water partition coefficient (Wildman–Crippen LogP) is 5.16. The fourth-order valence-corrected chi connectivity index (χ4v) is 7.32. The van der Waals surface area contributed by atoms with Crippen molar-refractivity contribution in [1.29, 1.82) is 0 Å². The number of nitrogens with zero attached hydrogens (tertiary/aromatic N) is 1. The minimum atomic E-state index is -1.03. The summed E-state index contributed by atoms with van der Waals surface area (Å²) in [5, 5.41) is 3.76. The Labute approximate surface area is 196 Å². The molecular weight excluding hydrogens is 440 g/mol. The maximum atomic E-state index is 14.2. The van der Waals surface area contributed by atoms with Gasteiger partial charge < -0.3 is 5.32 Å². The number of carbonyl (C=O) groups is 2. The number of Topliss-reactive ketones (excluding diaryl/α,β-unsaturated/α-hetero) is 1. The van der Waals surface area contributed by atoms with Crippen LogP contribution in [0.25, 0.3) is 0 Å². The zero-order chi connectivity index (χ0) is 21.9. The molecule has 3 aromatic rings. The van der Waals surface area contributed by atoms with Crippen LogP contribution >= 0.6 is 23.4 Å². The molecule has 160 valence electrons. The maximum Gasteiger partial charge on any atom is 0.250 e. The van der Waals surface area contributed by atoms with E-state index in [1.165, 1.54) is 0 Å². The van der Waals surface area contributed by atoms with E-state index in [2.05, 4.69) is 10.2 Å². The van der Waals surface area contributed by atoms with Crippen molar-refractivity contribution in [3.8, 4) is 0 Å². The summed E-state index contributed by atoms with van der Waals surface area (Å²) < 4.78 is 0. The van der Waals surface area contributed by atoms with Crippen molar-refractivity contribution in [3.05, 3.63) is 101 Å². The van der Waals surface area contributed by atoms with Crippen LogP contribution in [0.1, 0.15) is 27.4 Å². The molecule has 1 amide bonds. The standard InChI is InChI=1S/C26H21ClN2O2S/c27-18-12-10-16(11-13-18)22-21-14-32-15-29(21)26(19-8-4-5-9-20(19)28-25(26)31)23(22)24(30)17-6-2-1-3-7-17/h1-13,21-23H,14-15H2,(H,28,31)/t21-,22+,23-,26-/m0/s1. The average molecular weight is 461 g/mol. The molecule has 4 atom stereocenters. The molecule has 0 aliphatic carbocycles. The molecule has 0 saturated carbocycles. The van der Waals surface area contributed by atoms with Crippen LogP contribution in [0.3, 0.4) is 0 Å². The number of benzene rings is 3. The Kier molecular flexibility index (Phi) is 4.68. The van der Waals surface area contributed by atoms with Gasteiger partial charge in [0.1, 0.15) is 5.54 Å². The molecule has 0 radical (unpaired) electrons. The van der Waals surface area contributed by atoms with Gasteiger partial charge in [-0.1, -0.05) is 72.3 Å². The van der Waals surface area contributed by atoms with Crippen LogP contribution in [0.2, 0.25) is 5.02 Å². The third-order valence-electron chi connectivity index (χ3n) is 7.12. The SMILES string of the molecule is O=C(c1ccccc1)[C@@H]1[C@H](c2ccc(Cl)cc2)[C@@H]2CSCN2[C@]12C(=O)Nc1ccccc12. The first-order chi connectivity index (χ1) is 15.6. The van der Waals surface area contributed by atoms with Gasteiger partial charge in [0.2, 0.25) is 5.91 Å². The Morgan fingerprint density at radius 3 is 2.50 bits per heavy atom. The number of hydrogen-bond acceptors (Lipinski definition) is 4. The highest BCUT2D eigenvalue weighted by atomic mass is 35.5. The van der Waals surface area contributed by atoms with Crippen molar-refractivity contribution in [1.82, 2.24) is 4.90 Å². The summed E-state index contributed by atoms with van der Waals surface area (Å²) in [4.78, 5) is 30.3. The predicted molar refractivity (Wildman–Crippen MR) is 128 cm³/mol. The topological polar surface area (TPSA) is 49.4 Å². The fourth-order valence-electron chi connectivity index (χ4n) is 5.87. The van der Waals surface area contributed by atoms with E-state index in [9.17, 15) is 9.59 Å². The van der Waals surface area contributed by atoms with Crippen molar-refractivity contribution < 1.29 is 9.59 Å². The molecule has 1 N–H and O–H groups in total. The van der Waals surface area contributed by atoms with Gasteiger partial charge in [-0.3, -0.25) is 14.5 Å². The summed E-state index contributed by atoms with van der Waals surface area (Å²) in [6, 6.07) is 25.0. The molecule has 6 rings (SSSR count). The van der Waals surface area contributed by atoms with Gasteiger partial charge in [0, 0.05) is 45.4 Å². The molecule has 3 aliphatic rings. The van der Waals surface area contributed by atoms with Crippen LogP contribution in [-0.4, -0.2) is 34.3 Å². The Bertz CT molecular complexity index is 1220. The molecule has 3 aromatic carbocycles. The normalized spacial score (nSPS) is 28.5. The number of nitrogens with one attached hydrogen (secondary N) is 1. The number of thioether (sulfide) groups is 1. The Balaban J connectivity index is 1.62. The molecule has 6 heteroatoms. The van der Waals surface area contributed by atoms with E-state index in [-0.39, 0.29) is 23.7 Å². The second-order valence-electron chi connectivity index (χ2n) is 8.59.